The van der Waals surface area contributed by atoms with Crippen molar-refractivity contribution in [3.63, 3.8) is 0 Å². The summed E-state index contributed by atoms with van der Waals surface area (Å²) < 4.78 is 1.58. The highest BCUT2D eigenvalue weighted by Crippen LogP contribution is 2.22. The first-order chi connectivity index (χ1) is 9.65. The number of nitrogens with zero attached hydrogens (tertiary/aromatic N) is 4. The lowest BCUT2D eigenvalue weighted by molar-refractivity contribution is -0.136. The van der Waals surface area contributed by atoms with Gasteiger partial charge in [0.25, 0.3) is 5.78 Å². The average Bonchev–Trinajstić information content (AvgIpc) is 2.80. The van der Waals surface area contributed by atoms with E-state index in [4.69, 9.17) is 5.11 Å². The minimum absolute atomic E-state index is 0.212. The Kier molecular flexibility index (Phi) is 2.90. The second-order valence-corrected chi connectivity index (χ2v) is 4.46. The fourth-order valence-corrected chi connectivity index (χ4v) is 2.11. The number of aromatic nitrogens is 4. The second kappa shape index (κ2) is 4.73. The summed E-state index contributed by atoms with van der Waals surface area (Å²) in [5.41, 5.74) is 2.97. The molecular weight excluding hydrogens is 256 g/mol. The van der Waals surface area contributed by atoms with Crippen molar-refractivity contribution < 1.29 is 9.90 Å². The Balaban J connectivity index is 2.19. The monoisotopic (exact) mass is 268 g/mol. The van der Waals surface area contributed by atoms with Crippen molar-refractivity contribution >= 4 is 11.7 Å². The molecular formula is C14H12N4O2. The molecule has 0 aliphatic rings. The van der Waals surface area contributed by atoms with Gasteiger partial charge in [0, 0.05) is 11.8 Å². The zero-order valence-corrected chi connectivity index (χ0v) is 10.8. The van der Waals surface area contributed by atoms with Gasteiger partial charge in [0.05, 0.1) is 5.69 Å². The topological polar surface area (TPSA) is 80.4 Å². The molecule has 1 aromatic carbocycles. The van der Waals surface area contributed by atoms with Gasteiger partial charge < -0.3 is 5.11 Å². The summed E-state index contributed by atoms with van der Waals surface area (Å²) in [6, 6.07) is 9.76. The van der Waals surface area contributed by atoms with Gasteiger partial charge in [-0.05, 0) is 18.6 Å². The van der Waals surface area contributed by atoms with Crippen LogP contribution in [0.25, 0.3) is 17.0 Å². The van der Waals surface area contributed by atoms with Crippen molar-refractivity contribution in [2.75, 3.05) is 0 Å². The molecule has 6 nitrogen and oxygen atoms in total. The summed E-state index contributed by atoms with van der Waals surface area (Å²) in [4.78, 5) is 19.0. The van der Waals surface area contributed by atoms with Gasteiger partial charge in [-0.2, -0.15) is 9.50 Å². The summed E-state index contributed by atoms with van der Waals surface area (Å²) in [5, 5.41) is 13.0. The molecule has 0 fully saturated rings. The van der Waals surface area contributed by atoms with Crippen LogP contribution in [0.4, 0.5) is 0 Å². The third-order valence-corrected chi connectivity index (χ3v) is 3.01. The predicted octanol–water partition coefficient (Wildman–Crippen LogP) is 1.73. The first-order valence-corrected chi connectivity index (χ1v) is 6.13. The number of carboxylic acid groups (broad SMARTS) is 1. The Labute approximate surface area is 114 Å². The van der Waals surface area contributed by atoms with Crippen LogP contribution in [0.1, 0.15) is 11.4 Å². The predicted molar refractivity (Wildman–Crippen MR) is 72.3 cm³/mol. The molecule has 0 bridgehead atoms. The second-order valence-electron chi connectivity index (χ2n) is 4.46. The molecule has 6 heteroatoms. The Bertz CT molecular complexity index is 795. The highest BCUT2D eigenvalue weighted by atomic mass is 16.4. The third kappa shape index (κ3) is 2.11. The normalized spacial score (nSPS) is 10.8. The van der Waals surface area contributed by atoms with Crippen LogP contribution in [0.3, 0.4) is 0 Å². The summed E-state index contributed by atoms with van der Waals surface area (Å²) in [7, 11) is 0. The summed E-state index contributed by atoms with van der Waals surface area (Å²) >= 11 is 0. The van der Waals surface area contributed by atoms with E-state index < -0.39 is 5.97 Å². The van der Waals surface area contributed by atoms with Crippen molar-refractivity contribution in [3.8, 4) is 11.3 Å². The summed E-state index contributed by atoms with van der Waals surface area (Å²) in [5.74, 6) is -0.300. The van der Waals surface area contributed by atoms with Gasteiger partial charge in [0.2, 0.25) is 0 Å². The number of rotatable bonds is 3. The lowest BCUT2D eigenvalue weighted by Gasteiger charge is -2.06. The standard InChI is InChI=1S/C14H12N4O2/c1-9-4-2-3-5-10(9)11-6-7-15-14-16-12(8-13(19)20)17-18(11)14/h2-7H,8H2,1H3,(H,19,20). The maximum atomic E-state index is 10.7. The molecule has 0 unspecified atom stereocenters. The average molecular weight is 268 g/mol. The molecule has 0 amide bonds. The minimum Gasteiger partial charge on any atom is -0.481 e. The van der Waals surface area contributed by atoms with Crippen molar-refractivity contribution in [1.82, 2.24) is 19.6 Å². The van der Waals surface area contributed by atoms with Gasteiger partial charge in [0.1, 0.15) is 6.42 Å². The molecule has 20 heavy (non-hydrogen) atoms. The van der Waals surface area contributed by atoms with Crippen LogP contribution < -0.4 is 0 Å². The van der Waals surface area contributed by atoms with Crippen LogP contribution in [0.5, 0.6) is 0 Å². The van der Waals surface area contributed by atoms with Crippen LogP contribution in [-0.2, 0) is 11.2 Å². The van der Waals surface area contributed by atoms with Crippen molar-refractivity contribution in [2.24, 2.45) is 0 Å². The van der Waals surface area contributed by atoms with Crippen molar-refractivity contribution in [1.29, 1.82) is 0 Å². The van der Waals surface area contributed by atoms with E-state index in [1.807, 2.05) is 37.3 Å². The largest absolute Gasteiger partial charge is 0.481 e. The lowest BCUT2D eigenvalue weighted by atomic mass is 10.1. The van der Waals surface area contributed by atoms with Gasteiger partial charge in [0.15, 0.2) is 5.82 Å². The lowest BCUT2D eigenvalue weighted by Crippen LogP contribution is -2.02. The molecule has 100 valence electrons. The Hall–Kier alpha value is -2.76. The Morgan fingerprint density at radius 3 is 2.85 bits per heavy atom. The number of aliphatic carboxylic acids is 1. The SMILES string of the molecule is Cc1ccccc1-c1ccnc2nc(CC(=O)O)nn12. The smallest absolute Gasteiger partial charge is 0.311 e. The first kappa shape index (κ1) is 12.3. The van der Waals surface area contributed by atoms with Crippen LogP contribution in [-0.4, -0.2) is 30.7 Å². The Morgan fingerprint density at radius 1 is 1.30 bits per heavy atom. The summed E-state index contributed by atoms with van der Waals surface area (Å²) in [6.07, 6.45) is 1.44. The zero-order chi connectivity index (χ0) is 14.1. The van der Waals surface area contributed by atoms with Crippen LogP contribution in [0.2, 0.25) is 0 Å². The molecule has 2 heterocycles. The quantitative estimate of drug-likeness (QED) is 0.782. The van der Waals surface area contributed by atoms with E-state index in [1.54, 1.807) is 10.7 Å². The number of hydrogen-bond donors (Lipinski definition) is 1. The summed E-state index contributed by atoms with van der Waals surface area (Å²) in [6.45, 7) is 2.01. The minimum atomic E-state index is -0.960. The van der Waals surface area contributed by atoms with Crippen LogP contribution in [0, 0.1) is 6.92 Å². The molecule has 0 aliphatic carbocycles. The van der Waals surface area contributed by atoms with E-state index in [0.717, 1.165) is 16.8 Å². The van der Waals surface area contributed by atoms with E-state index in [2.05, 4.69) is 15.1 Å². The highest BCUT2D eigenvalue weighted by Gasteiger charge is 2.12. The van der Waals surface area contributed by atoms with E-state index >= 15 is 0 Å². The van der Waals surface area contributed by atoms with E-state index in [0.29, 0.717) is 5.78 Å². The fraction of sp³-hybridized carbons (Fsp3) is 0.143. The highest BCUT2D eigenvalue weighted by molar-refractivity contribution is 5.69. The molecule has 2 aromatic heterocycles. The van der Waals surface area contributed by atoms with E-state index in [9.17, 15) is 4.79 Å². The van der Waals surface area contributed by atoms with Crippen LogP contribution in [0.15, 0.2) is 36.5 Å². The Morgan fingerprint density at radius 2 is 2.10 bits per heavy atom. The molecule has 0 aliphatic heterocycles. The fourth-order valence-electron chi connectivity index (χ4n) is 2.11. The van der Waals surface area contributed by atoms with E-state index in [-0.39, 0.29) is 12.2 Å². The number of carbonyl (C=O) groups is 1. The number of aryl methyl sites for hydroxylation is 1. The molecule has 0 spiro atoms. The zero-order valence-electron chi connectivity index (χ0n) is 10.8. The number of hydrogen-bond acceptors (Lipinski definition) is 4. The molecule has 0 saturated heterocycles. The number of benzene rings is 1. The first-order valence-electron chi connectivity index (χ1n) is 6.13. The molecule has 0 saturated carbocycles. The molecule has 3 aromatic rings. The molecule has 0 radical (unpaired) electrons. The van der Waals surface area contributed by atoms with Crippen molar-refractivity contribution in [3.05, 3.63) is 47.9 Å². The number of fused-ring (bicyclic) bond motifs is 1. The van der Waals surface area contributed by atoms with E-state index in [1.165, 1.54) is 0 Å². The maximum absolute atomic E-state index is 10.7. The van der Waals surface area contributed by atoms with Gasteiger partial charge in [-0.25, -0.2) is 4.98 Å². The van der Waals surface area contributed by atoms with Crippen LogP contribution >= 0.6 is 0 Å². The van der Waals surface area contributed by atoms with Gasteiger partial charge in [-0.1, -0.05) is 24.3 Å². The van der Waals surface area contributed by atoms with Crippen molar-refractivity contribution in [2.45, 2.75) is 13.3 Å². The number of carboxylic acids is 1. The molecule has 1 N–H and O–H groups in total. The molecule has 3 rings (SSSR count). The van der Waals surface area contributed by atoms with Gasteiger partial charge >= 0.3 is 5.97 Å². The third-order valence-electron chi connectivity index (χ3n) is 3.01. The van der Waals surface area contributed by atoms with Gasteiger partial charge in [-0.15, -0.1) is 5.10 Å². The maximum Gasteiger partial charge on any atom is 0.311 e. The molecule has 0 atom stereocenters. The van der Waals surface area contributed by atoms with Gasteiger partial charge in [-0.3, -0.25) is 4.79 Å².